The number of carboxylic acid groups (broad SMARTS) is 1. The number of carbonyl (C=O) groups is 1. The largest absolute Gasteiger partial charge is 0.550 e. The molecular weight excluding hydrogens is 526 g/mol. The average Bonchev–Trinajstić information content (AvgIpc) is 3.01. The second kappa shape index (κ2) is 37.6. The van der Waals surface area contributed by atoms with Crippen molar-refractivity contribution < 1.29 is 14.4 Å². The van der Waals surface area contributed by atoms with E-state index in [2.05, 4.69) is 34.6 Å². The summed E-state index contributed by atoms with van der Waals surface area (Å²) in [5.41, 5.74) is 0. The molecule has 0 aromatic heterocycles. The number of rotatable bonds is 34. The molecule has 0 amide bonds. The molecule has 0 spiro atoms. The summed E-state index contributed by atoms with van der Waals surface area (Å²) >= 11 is 0. The fraction of sp³-hybridized carbons (Fsp3) is 0.975. The lowest BCUT2D eigenvalue weighted by atomic mass is 10.1. The van der Waals surface area contributed by atoms with Crippen LogP contribution in [-0.2, 0) is 4.79 Å². The molecule has 0 fully saturated rings. The van der Waals surface area contributed by atoms with Crippen molar-refractivity contribution in [2.45, 2.75) is 227 Å². The summed E-state index contributed by atoms with van der Waals surface area (Å²) < 4.78 is 1.38. The zero-order valence-corrected chi connectivity index (χ0v) is 30.8. The fourth-order valence-corrected chi connectivity index (χ4v) is 6.42. The number of carbonyl (C=O) groups excluding carboxylic acids is 1. The van der Waals surface area contributed by atoms with Gasteiger partial charge in [0.05, 0.1) is 26.2 Å². The van der Waals surface area contributed by atoms with Crippen molar-refractivity contribution in [1.29, 1.82) is 0 Å². The first-order valence-electron chi connectivity index (χ1n) is 20.1. The summed E-state index contributed by atoms with van der Waals surface area (Å²) in [6, 6.07) is 0. The van der Waals surface area contributed by atoms with Crippen LogP contribution in [0.3, 0.4) is 0 Å². The molecule has 0 unspecified atom stereocenters. The Bertz CT molecular complexity index is 491. The fourth-order valence-electron chi connectivity index (χ4n) is 6.42. The molecule has 0 saturated heterocycles. The molecule has 0 saturated carbocycles. The van der Waals surface area contributed by atoms with E-state index in [1.54, 1.807) is 0 Å². The number of unbranched alkanes of at least 4 members (excludes halogenated alkanes) is 26. The molecule has 0 rings (SSSR count). The van der Waals surface area contributed by atoms with E-state index in [4.69, 9.17) is 0 Å². The maximum atomic E-state index is 10.1. The third-order valence-corrected chi connectivity index (χ3v) is 9.80. The zero-order valence-electron chi connectivity index (χ0n) is 30.8. The normalized spacial score (nSPS) is 11.5. The Labute approximate surface area is 273 Å². The molecule has 260 valence electrons. The van der Waals surface area contributed by atoms with Gasteiger partial charge in [-0.25, -0.2) is 0 Å². The van der Waals surface area contributed by atoms with Crippen LogP contribution in [0.4, 0.5) is 0 Å². The van der Waals surface area contributed by atoms with E-state index >= 15 is 0 Å². The molecule has 0 N–H and O–H groups in total. The number of hydrogen-bond donors (Lipinski definition) is 0. The van der Waals surface area contributed by atoms with Gasteiger partial charge in [0.2, 0.25) is 0 Å². The van der Waals surface area contributed by atoms with Crippen molar-refractivity contribution in [2.75, 3.05) is 26.2 Å². The summed E-state index contributed by atoms with van der Waals surface area (Å²) in [6.07, 6.45) is 40.3. The van der Waals surface area contributed by atoms with Crippen LogP contribution in [0.5, 0.6) is 0 Å². The van der Waals surface area contributed by atoms with Crippen LogP contribution < -0.4 is 5.11 Å². The highest BCUT2D eigenvalue weighted by Gasteiger charge is 2.21. The van der Waals surface area contributed by atoms with Crippen molar-refractivity contribution in [3.8, 4) is 0 Å². The van der Waals surface area contributed by atoms with Gasteiger partial charge in [0.1, 0.15) is 0 Å². The molecule has 0 aliphatic heterocycles. The third-order valence-electron chi connectivity index (χ3n) is 9.80. The van der Waals surface area contributed by atoms with Gasteiger partial charge in [-0.15, -0.1) is 0 Å². The van der Waals surface area contributed by atoms with Gasteiger partial charge in [0, 0.05) is 5.97 Å². The number of aliphatic carboxylic acids is 1. The van der Waals surface area contributed by atoms with E-state index in [0.29, 0.717) is 0 Å². The topological polar surface area (TPSA) is 40.1 Å². The highest BCUT2D eigenvalue weighted by atomic mass is 16.4. The van der Waals surface area contributed by atoms with E-state index in [9.17, 15) is 9.90 Å². The Balaban J connectivity index is 0. The molecule has 0 radical (unpaired) electrons. The van der Waals surface area contributed by atoms with Gasteiger partial charge in [-0.05, 0) is 52.4 Å². The minimum absolute atomic E-state index is 0.232. The zero-order chi connectivity index (χ0) is 32.1. The smallest absolute Gasteiger partial charge is 0.0786 e. The van der Waals surface area contributed by atoms with Crippen molar-refractivity contribution in [2.24, 2.45) is 0 Å². The van der Waals surface area contributed by atoms with Gasteiger partial charge in [-0.3, -0.25) is 0 Å². The van der Waals surface area contributed by atoms with E-state index < -0.39 is 5.97 Å². The summed E-state index contributed by atoms with van der Waals surface area (Å²) in [5, 5.41) is 10.1. The van der Waals surface area contributed by atoms with Crippen LogP contribution >= 0.6 is 0 Å². The molecule has 43 heavy (non-hydrogen) atoms. The standard InChI is InChI=1S/C28H60N.C12H24O2/c1-5-9-11-13-15-17-19-21-23-25-27-29(7-3,8-4)28-26-24-22-20-18-16-14-12-10-6-2;1-2-3-4-5-6-7-8-9-10-11-12(13)14/h5-28H2,1-4H3;2-11H2,1H3,(H,13,14)/q+1;/p-1. The number of hydrogen-bond acceptors (Lipinski definition) is 2. The maximum Gasteiger partial charge on any atom is 0.0786 e. The van der Waals surface area contributed by atoms with E-state index in [1.807, 2.05) is 0 Å². The summed E-state index contributed by atoms with van der Waals surface area (Å²) in [7, 11) is 0. The average molecular weight is 610 g/mol. The van der Waals surface area contributed by atoms with Gasteiger partial charge >= 0.3 is 0 Å². The highest BCUT2D eigenvalue weighted by Crippen LogP contribution is 2.17. The molecular formula is C40H83NO2. The predicted octanol–water partition coefficient (Wildman–Crippen LogP) is 12.3. The number of carboxylic acids is 1. The first kappa shape index (κ1) is 44.6. The van der Waals surface area contributed by atoms with Crippen molar-refractivity contribution >= 4 is 5.97 Å². The van der Waals surface area contributed by atoms with Crippen molar-refractivity contribution in [1.82, 2.24) is 0 Å². The first-order chi connectivity index (χ1) is 21.0. The lowest BCUT2D eigenvalue weighted by Gasteiger charge is -2.37. The lowest BCUT2D eigenvalue weighted by molar-refractivity contribution is -0.925. The maximum absolute atomic E-state index is 10.1. The van der Waals surface area contributed by atoms with Crippen LogP contribution in [0, 0.1) is 0 Å². The first-order valence-corrected chi connectivity index (χ1v) is 20.1. The third kappa shape index (κ3) is 35.8. The van der Waals surface area contributed by atoms with E-state index in [1.165, 1.54) is 204 Å². The molecule has 3 heteroatoms. The molecule has 0 heterocycles. The van der Waals surface area contributed by atoms with Crippen LogP contribution in [0.25, 0.3) is 0 Å². The Hall–Kier alpha value is -0.570. The Morgan fingerprint density at radius 3 is 0.837 bits per heavy atom. The van der Waals surface area contributed by atoms with Gasteiger partial charge < -0.3 is 14.4 Å². The Morgan fingerprint density at radius 1 is 0.372 bits per heavy atom. The number of quaternary nitrogens is 1. The SMILES string of the molecule is CCCCCCCCCCCC(=O)[O-].CCCCCCCCCCCC[N+](CC)(CC)CCCCCCCCCCCC. The van der Waals surface area contributed by atoms with E-state index in [-0.39, 0.29) is 6.42 Å². The van der Waals surface area contributed by atoms with Crippen LogP contribution in [0.2, 0.25) is 0 Å². The van der Waals surface area contributed by atoms with Crippen molar-refractivity contribution in [3.05, 3.63) is 0 Å². The molecule has 0 aliphatic rings. The van der Waals surface area contributed by atoms with Gasteiger partial charge in [-0.2, -0.15) is 0 Å². The predicted molar refractivity (Wildman–Crippen MR) is 192 cm³/mol. The minimum Gasteiger partial charge on any atom is -0.550 e. The monoisotopic (exact) mass is 610 g/mol. The van der Waals surface area contributed by atoms with Gasteiger partial charge in [0.25, 0.3) is 0 Å². The molecule has 0 aromatic rings. The Kier molecular flexibility index (Phi) is 39.0. The van der Waals surface area contributed by atoms with Crippen LogP contribution in [0.1, 0.15) is 227 Å². The van der Waals surface area contributed by atoms with Crippen LogP contribution in [0.15, 0.2) is 0 Å². The van der Waals surface area contributed by atoms with Crippen molar-refractivity contribution in [3.63, 3.8) is 0 Å². The lowest BCUT2D eigenvalue weighted by Crippen LogP contribution is -2.49. The molecule has 0 atom stereocenters. The summed E-state index contributed by atoms with van der Waals surface area (Å²) in [4.78, 5) is 10.1. The van der Waals surface area contributed by atoms with E-state index in [0.717, 1.165) is 12.8 Å². The second-order valence-electron chi connectivity index (χ2n) is 13.7. The summed E-state index contributed by atoms with van der Waals surface area (Å²) in [6.45, 7) is 17.2. The van der Waals surface area contributed by atoms with Gasteiger partial charge in [0.15, 0.2) is 0 Å². The second-order valence-corrected chi connectivity index (χ2v) is 13.7. The van der Waals surface area contributed by atoms with Gasteiger partial charge in [-0.1, -0.05) is 175 Å². The highest BCUT2D eigenvalue weighted by molar-refractivity contribution is 5.64. The minimum atomic E-state index is -0.909. The molecule has 0 aliphatic carbocycles. The molecule has 3 nitrogen and oxygen atoms in total. The van der Waals surface area contributed by atoms with Crippen LogP contribution in [-0.4, -0.2) is 36.6 Å². The quantitative estimate of drug-likeness (QED) is 0.0538. The molecule has 0 bridgehead atoms. The number of nitrogens with zero attached hydrogens (tertiary/aromatic N) is 1. The molecule has 0 aromatic carbocycles. The Morgan fingerprint density at radius 2 is 0.605 bits per heavy atom. The summed E-state index contributed by atoms with van der Waals surface area (Å²) in [5.74, 6) is -0.909.